The lowest BCUT2D eigenvalue weighted by molar-refractivity contribution is -0.124. The summed E-state index contributed by atoms with van der Waals surface area (Å²) in [5.41, 5.74) is 0.913. The fraction of sp³-hybridized carbons (Fsp3) is 0.476. The molecule has 1 aliphatic rings. The maximum atomic E-state index is 12.6. The third-order valence-corrected chi connectivity index (χ3v) is 5.08. The Kier molecular flexibility index (Phi) is 6.87. The number of nitrogens with one attached hydrogen (secondary N) is 2. The standard InChI is InChI=1S/C21H29N5O3/c1-15(2)19(24-20(27)17-5-4-12-29-17)21(28)23-14-16-6-7-18(22-13-16)26-10-8-25(3)9-11-26/h4-7,12-13,15,19H,8-11,14H2,1-3H3,(H,23,28)(H,24,27). The number of pyridine rings is 1. The van der Waals surface area contributed by atoms with Crippen molar-refractivity contribution in [3.8, 4) is 0 Å². The normalized spacial score (nSPS) is 15.9. The first-order valence-corrected chi connectivity index (χ1v) is 9.94. The fourth-order valence-electron chi connectivity index (χ4n) is 3.20. The summed E-state index contributed by atoms with van der Waals surface area (Å²) in [5.74, 6) is 0.447. The van der Waals surface area contributed by atoms with Gasteiger partial charge in [0, 0.05) is 38.9 Å². The summed E-state index contributed by atoms with van der Waals surface area (Å²) in [5, 5.41) is 5.63. The summed E-state index contributed by atoms with van der Waals surface area (Å²) in [4.78, 5) is 33.9. The van der Waals surface area contributed by atoms with Crippen molar-refractivity contribution in [2.45, 2.75) is 26.4 Å². The third-order valence-electron chi connectivity index (χ3n) is 5.08. The molecule has 2 aromatic heterocycles. The zero-order valence-electron chi connectivity index (χ0n) is 17.2. The predicted octanol–water partition coefficient (Wildman–Crippen LogP) is 1.50. The summed E-state index contributed by atoms with van der Waals surface area (Å²) in [6, 6.07) is 6.53. The molecule has 0 spiro atoms. The molecule has 0 saturated carbocycles. The van der Waals surface area contributed by atoms with Gasteiger partial charge in [-0.2, -0.15) is 0 Å². The van der Waals surface area contributed by atoms with E-state index in [1.165, 1.54) is 6.26 Å². The van der Waals surface area contributed by atoms with Gasteiger partial charge in [-0.25, -0.2) is 4.98 Å². The Morgan fingerprint density at radius 3 is 2.52 bits per heavy atom. The summed E-state index contributed by atoms with van der Waals surface area (Å²) >= 11 is 0. The first-order chi connectivity index (χ1) is 13.9. The number of nitrogens with zero attached hydrogens (tertiary/aromatic N) is 3. The summed E-state index contributed by atoms with van der Waals surface area (Å²) in [6.45, 7) is 8.11. The zero-order chi connectivity index (χ0) is 20.8. The second-order valence-electron chi connectivity index (χ2n) is 7.71. The molecule has 29 heavy (non-hydrogen) atoms. The van der Waals surface area contributed by atoms with Crippen molar-refractivity contribution in [3.63, 3.8) is 0 Å². The number of aromatic nitrogens is 1. The number of carbonyl (C=O) groups excluding carboxylic acids is 2. The number of likely N-dealkylation sites (N-methyl/N-ethyl adjacent to an activating group) is 1. The highest BCUT2D eigenvalue weighted by molar-refractivity contribution is 5.95. The van der Waals surface area contributed by atoms with E-state index < -0.39 is 11.9 Å². The van der Waals surface area contributed by atoms with Crippen LogP contribution in [0.5, 0.6) is 0 Å². The molecule has 1 fully saturated rings. The predicted molar refractivity (Wildman–Crippen MR) is 111 cm³/mol. The Morgan fingerprint density at radius 1 is 1.17 bits per heavy atom. The minimum absolute atomic E-state index is 0.0633. The lowest BCUT2D eigenvalue weighted by Crippen LogP contribution is -2.49. The average molecular weight is 399 g/mol. The van der Waals surface area contributed by atoms with E-state index in [0.717, 1.165) is 37.6 Å². The largest absolute Gasteiger partial charge is 0.459 e. The molecule has 1 aliphatic heterocycles. The number of rotatable bonds is 7. The Bertz CT molecular complexity index is 796. The maximum absolute atomic E-state index is 12.6. The molecule has 3 rings (SSSR count). The molecule has 8 nitrogen and oxygen atoms in total. The van der Waals surface area contributed by atoms with Crippen molar-refractivity contribution in [2.75, 3.05) is 38.1 Å². The number of amides is 2. The molecular formula is C21H29N5O3. The van der Waals surface area contributed by atoms with E-state index in [0.29, 0.717) is 6.54 Å². The van der Waals surface area contributed by atoms with Gasteiger partial charge in [0.2, 0.25) is 5.91 Å². The molecule has 2 amide bonds. The van der Waals surface area contributed by atoms with Gasteiger partial charge in [-0.05, 0) is 36.7 Å². The average Bonchev–Trinajstić information content (AvgIpc) is 3.26. The van der Waals surface area contributed by atoms with Gasteiger partial charge in [-0.1, -0.05) is 19.9 Å². The number of furan rings is 1. The van der Waals surface area contributed by atoms with Crippen LogP contribution < -0.4 is 15.5 Å². The minimum atomic E-state index is -0.648. The lowest BCUT2D eigenvalue weighted by Gasteiger charge is -2.33. The monoisotopic (exact) mass is 399 g/mol. The quantitative estimate of drug-likeness (QED) is 0.733. The first-order valence-electron chi connectivity index (χ1n) is 9.94. The van der Waals surface area contributed by atoms with Crippen LogP contribution in [-0.2, 0) is 11.3 Å². The van der Waals surface area contributed by atoms with Gasteiger partial charge >= 0.3 is 0 Å². The molecule has 156 valence electrons. The Morgan fingerprint density at radius 2 is 1.93 bits per heavy atom. The Balaban J connectivity index is 1.53. The van der Waals surface area contributed by atoms with Gasteiger partial charge < -0.3 is 24.9 Å². The molecular weight excluding hydrogens is 370 g/mol. The van der Waals surface area contributed by atoms with Crippen LogP contribution in [0, 0.1) is 5.92 Å². The first kappa shape index (κ1) is 20.9. The molecule has 0 radical (unpaired) electrons. The van der Waals surface area contributed by atoms with Crippen molar-refractivity contribution in [1.29, 1.82) is 0 Å². The molecule has 3 heterocycles. The fourth-order valence-corrected chi connectivity index (χ4v) is 3.20. The van der Waals surface area contributed by atoms with E-state index in [1.807, 2.05) is 26.0 Å². The number of hydrogen-bond acceptors (Lipinski definition) is 6. The lowest BCUT2D eigenvalue weighted by atomic mass is 10.0. The van der Waals surface area contributed by atoms with E-state index in [-0.39, 0.29) is 17.6 Å². The maximum Gasteiger partial charge on any atom is 0.287 e. The van der Waals surface area contributed by atoms with Gasteiger partial charge in [0.15, 0.2) is 5.76 Å². The molecule has 0 bridgehead atoms. The third kappa shape index (κ3) is 5.57. The van der Waals surface area contributed by atoms with Crippen molar-refractivity contribution in [1.82, 2.24) is 20.5 Å². The zero-order valence-corrected chi connectivity index (χ0v) is 17.2. The van der Waals surface area contributed by atoms with Crippen molar-refractivity contribution in [2.24, 2.45) is 5.92 Å². The van der Waals surface area contributed by atoms with E-state index in [9.17, 15) is 9.59 Å². The smallest absolute Gasteiger partial charge is 0.287 e. The highest BCUT2D eigenvalue weighted by Crippen LogP contribution is 2.14. The van der Waals surface area contributed by atoms with Gasteiger partial charge in [0.25, 0.3) is 5.91 Å². The molecule has 2 N–H and O–H groups in total. The van der Waals surface area contributed by atoms with E-state index in [2.05, 4.69) is 32.5 Å². The highest BCUT2D eigenvalue weighted by atomic mass is 16.3. The van der Waals surface area contributed by atoms with Crippen LogP contribution in [0.4, 0.5) is 5.82 Å². The summed E-state index contributed by atoms with van der Waals surface area (Å²) in [7, 11) is 2.12. The van der Waals surface area contributed by atoms with Gasteiger partial charge in [0.05, 0.1) is 6.26 Å². The van der Waals surface area contributed by atoms with Gasteiger partial charge in [-0.3, -0.25) is 9.59 Å². The minimum Gasteiger partial charge on any atom is -0.459 e. The molecule has 8 heteroatoms. The van der Waals surface area contributed by atoms with Crippen molar-refractivity contribution < 1.29 is 14.0 Å². The highest BCUT2D eigenvalue weighted by Gasteiger charge is 2.25. The number of carbonyl (C=O) groups is 2. The van der Waals surface area contributed by atoms with E-state index in [1.54, 1.807) is 18.3 Å². The van der Waals surface area contributed by atoms with Crippen molar-refractivity contribution in [3.05, 3.63) is 48.0 Å². The van der Waals surface area contributed by atoms with Crippen LogP contribution in [0.1, 0.15) is 30.0 Å². The molecule has 0 aromatic carbocycles. The van der Waals surface area contributed by atoms with Gasteiger partial charge in [0.1, 0.15) is 11.9 Å². The molecule has 0 aliphatic carbocycles. The second-order valence-corrected chi connectivity index (χ2v) is 7.71. The second kappa shape index (κ2) is 9.56. The van der Waals surface area contributed by atoms with Crippen LogP contribution in [0.2, 0.25) is 0 Å². The summed E-state index contributed by atoms with van der Waals surface area (Å²) in [6.07, 6.45) is 3.22. The number of hydrogen-bond donors (Lipinski definition) is 2. The van der Waals surface area contributed by atoms with E-state index in [4.69, 9.17) is 4.42 Å². The molecule has 1 saturated heterocycles. The van der Waals surface area contributed by atoms with E-state index >= 15 is 0 Å². The summed E-state index contributed by atoms with van der Waals surface area (Å²) < 4.78 is 5.09. The van der Waals surface area contributed by atoms with Crippen LogP contribution >= 0.6 is 0 Å². The molecule has 1 unspecified atom stereocenters. The Hall–Kier alpha value is -2.87. The van der Waals surface area contributed by atoms with Crippen LogP contribution in [0.25, 0.3) is 0 Å². The SMILES string of the molecule is CC(C)C(NC(=O)c1ccco1)C(=O)NCc1ccc(N2CCN(C)CC2)nc1. The number of anilines is 1. The topological polar surface area (TPSA) is 90.7 Å². The van der Waals surface area contributed by atoms with Crippen LogP contribution in [0.15, 0.2) is 41.1 Å². The molecule has 1 atom stereocenters. The van der Waals surface area contributed by atoms with Gasteiger partial charge in [-0.15, -0.1) is 0 Å². The Labute approximate surface area is 171 Å². The number of piperazine rings is 1. The molecule has 2 aromatic rings. The van der Waals surface area contributed by atoms with Crippen molar-refractivity contribution >= 4 is 17.6 Å². The van der Waals surface area contributed by atoms with Crippen LogP contribution in [0.3, 0.4) is 0 Å². The van der Waals surface area contributed by atoms with Crippen LogP contribution in [-0.4, -0.2) is 61.0 Å².